The van der Waals surface area contributed by atoms with Crippen molar-refractivity contribution in [2.24, 2.45) is 0 Å². The molecule has 0 unspecified atom stereocenters. The molecule has 0 saturated carbocycles. The molecule has 0 bridgehead atoms. The van der Waals surface area contributed by atoms with Gasteiger partial charge in [-0.25, -0.2) is 19.3 Å². The number of hydrogen-bond donors (Lipinski definition) is 1. The van der Waals surface area contributed by atoms with Crippen LogP contribution in [0.4, 0.5) is 4.79 Å². The van der Waals surface area contributed by atoms with Crippen LogP contribution in [-0.2, 0) is 17.8 Å². The standard InChI is InChI=1S/C21H23N3O4.C16H15N3O2/c1-21(2,3)28-20(26)24-13-11-22-19(24)17-18(27-4)16(25)10-12-23(17)14-15-8-6-5-7-9-15;1-21-15-13(20)7-10-19(11-12-5-3-2-4-6-12)14(15)16-17-8-9-18-16/h5-13H,14H2,1-4H3;2-10H,11H2,1H3,(H,17,18). The number of aromatic nitrogens is 6. The average Bonchev–Trinajstić information content (AvgIpc) is 3.80. The summed E-state index contributed by atoms with van der Waals surface area (Å²) in [5.41, 5.74) is 2.12. The predicted octanol–water partition coefficient (Wildman–Crippen LogP) is 5.85. The quantitative estimate of drug-likeness (QED) is 0.215. The summed E-state index contributed by atoms with van der Waals surface area (Å²) in [6, 6.07) is 22.8. The van der Waals surface area contributed by atoms with Crippen molar-refractivity contribution in [2.75, 3.05) is 14.2 Å². The Balaban J connectivity index is 0.000000199. The molecule has 1 N–H and O–H groups in total. The van der Waals surface area contributed by atoms with E-state index in [1.54, 1.807) is 45.6 Å². The number of rotatable bonds is 8. The Hall–Kier alpha value is -6.17. The Morgan fingerprint density at radius 2 is 1.24 bits per heavy atom. The van der Waals surface area contributed by atoms with Gasteiger partial charge in [-0.3, -0.25) is 9.59 Å². The minimum absolute atomic E-state index is 0.120. The molecule has 0 radical (unpaired) electrons. The number of carbonyl (C=O) groups excluding carboxylic acids is 1. The highest BCUT2D eigenvalue weighted by Gasteiger charge is 2.25. The van der Waals surface area contributed by atoms with Crippen molar-refractivity contribution in [1.29, 1.82) is 0 Å². The molecule has 252 valence electrons. The van der Waals surface area contributed by atoms with Gasteiger partial charge in [-0.05, 0) is 31.9 Å². The molecule has 12 nitrogen and oxygen atoms in total. The highest BCUT2D eigenvalue weighted by atomic mass is 16.6. The zero-order valence-electron chi connectivity index (χ0n) is 28.0. The molecule has 6 aromatic rings. The van der Waals surface area contributed by atoms with Crippen molar-refractivity contribution < 1.29 is 19.0 Å². The minimum Gasteiger partial charge on any atom is -0.491 e. The fraction of sp³-hybridized carbons (Fsp3) is 0.216. The summed E-state index contributed by atoms with van der Waals surface area (Å²) in [5, 5.41) is 0. The molecule has 2 aromatic carbocycles. The normalized spacial score (nSPS) is 11.0. The van der Waals surface area contributed by atoms with Crippen LogP contribution in [0.2, 0.25) is 0 Å². The van der Waals surface area contributed by atoms with Crippen LogP contribution in [-0.4, -0.2) is 54.6 Å². The Kier molecular flexibility index (Phi) is 10.6. The smallest absolute Gasteiger partial charge is 0.420 e. The lowest BCUT2D eigenvalue weighted by atomic mass is 10.2. The van der Waals surface area contributed by atoms with Gasteiger partial charge in [-0.15, -0.1) is 0 Å². The van der Waals surface area contributed by atoms with Crippen molar-refractivity contribution in [3.63, 3.8) is 0 Å². The number of aromatic amines is 1. The second-order valence-corrected chi connectivity index (χ2v) is 11.9. The zero-order chi connectivity index (χ0) is 35.0. The number of nitrogens with zero attached hydrogens (tertiary/aromatic N) is 5. The molecule has 0 saturated heterocycles. The van der Waals surface area contributed by atoms with E-state index in [0.29, 0.717) is 36.1 Å². The van der Waals surface area contributed by atoms with Gasteiger partial charge >= 0.3 is 6.09 Å². The van der Waals surface area contributed by atoms with Crippen LogP contribution < -0.4 is 20.3 Å². The average molecular weight is 663 g/mol. The van der Waals surface area contributed by atoms with Crippen LogP contribution in [0.15, 0.2) is 120 Å². The van der Waals surface area contributed by atoms with Gasteiger partial charge in [0.25, 0.3) is 0 Å². The third kappa shape index (κ3) is 8.22. The maximum atomic E-state index is 12.6. The molecule has 0 aliphatic heterocycles. The molecule has 0 aliphatic carbocycles. The summed E-state index contributed by atoms with van der Waals surface area (Å²) in [6.45, 7) is 6.48. The first-order chi connectivity index (χ1) is 23.6. The predicted molar refractivity (Wildman–Crippen MR) is 186 cm³/mol. The molecule has 0 spiro atoms. The molecule has 4 aromatic heterocycles. The number of benzene rings is 2. The molecule has 12 heteroatoms. The van der Waals surface area contributed by atoms with Crippen molar-refractivity contribution in [1.82, 2.24) is 28.7 Å². The Morgan fingerprint density at radius 1 is 0.714 bits per heavy atom. The van der Waals surface area contributed by atoms with E-state index in [4.69, 9.17) is 14.2 Å². The third-order valence-electron chi connectivity index (χ3n) is 7.23. The second kappa shape index (κ2) is 15.2. The first-order valence-corrected chi connectivity index (χ1v) is 15.5. The molecule has 0 fully saturated rings. The number of nitrogens with one attached hydrogen (secondary N) is 1. The number of H-pyrrole nitrogens is 1. The van der Waals surface area contributed by atoms with E-state index in [0.717, 1.165) is 11.1 Å². The molecule has 0 amide bonds. The number of imidazole rings is 2. The third-order valence-corrected chi connectivity index (χ3v) is 7.23. The van der Waals surface area contributed by atoms with E-state index in [2.05, 4.69) is 15.0 Å². The molecular formula is C37H38N6O6. The topological polar surface area (TPSA) is 135 Å². The van der Waals surface area contributed by atoms with Crippen LogP contribution in [0.3, 0.4) is 0 Å². The lowest BCUT2D eigenvalue weighted by Crippen LogP contribution is -2.27. The summed E-state index contributed by atoms with van der Waals surface area (Å²) in [7, 11) is 2.92. The monoisotopic (exact) mass is 662 g/mol. The first kappa shape index (κ1) is 34.2. The number of carbonyl (C=O) groups is 1. The second-order valence-electron chi connectivity index (χ2n) is 11.9. The van der Waals surface area contributed by atoms with Gasteiger partial charge in [0.1, 0.15) is 17.0 Å². The summed E-state index contributed by atoms with van der Waals surface area (Å²) >= 11 is 0. The van der Waals surface area contributed by atoms with Crippen molar-refractivity contribution >= 4 is 6.09 Å². The number of methoxy groups -OCH3 is 2. The highest BCUT2D eigenvalue weighted by Crippen LogP contribution is 2.28. The number of ether oxygens (including phenoxy) is 3. The lowest BCUT2D eigenvalue weighted by Gasteiger charge is -2.21. The van der Waals surface area contributed by atoms with Crippen LogP contribution in [0.5, 0.6) is 11.5 Å². The van der Waals surface area contributed by atoms with Crippen molar-refractivity contribution in [3.8, 4) is 34.5 Å². The van der Waals surface area contributed by atoms with Gasteiger partial charge in [-0.2, -0.15) is 0 Å². The summed E-state index contributed by atoms with van der Waals surface area (Å²) < 4.78 is 21.2. The Morgan fingerprint density at radius 3 is 1.73 bits per heavy atom. The fourth-order valence-electron chi connectivity index (χ4n) is 5.13. The van der Waals surface area contributed by atoms with Crippen molar-refractivity contribution in [2.45, 2.75) is 39.5 Å². The molecular weight excluding hydrogens is 624 g/mol. The van der Waals surface area contributed by atoms with E-state index in [9.17, 15) is 14.4 Å². The Bertz CT molecular complexity index is 2110. The van der Waals surface area contributed by atoms with E-state index in [1.165, 1.54) is 43.3 Å². The largest absolute Gasteiger partial charge is 0.491 e. The fourth-order valence-corrected chi connectivity index (χ4v) is 5.13. The van der Waals surface area contributed by atoms with E-state index in [-0.39, 0.29) is 22.4 Å². The molecule has 0 atom stereocenters. The summed E-state index contributed by atoms with van der Waals surface area (Å²) in [4.78, 5) is 48.6. The maximum Gasteiger partial charge on any atom is 0.420 e. The van der Waals surface area contributed by atoms with Gasteiger partial charge in [-0.1, -0.05) is 60.7 Å². The van der Waals surface area contributed by atoms with E-state index < -0.39 is 11.7 Å². The van der Waals surface area contributed by atoms with Crippen LogP contribution >= 0.6 is 0 Å². The van der Waals surface area contributed by atoms with E-state index in [1.807, 2.05) is 69.8 Å². The van der Waals surface area contributed by atoms with E-state index >= 15 is 0 Å². The van der Waals surface area contributed by atoms with Gasteiger partial charge in [0, 0.05) is 62.4 Å². The molecule has 4 heterocycles. The lowest BCUT2D eigenvalue weighted by molar-refractivity contribution is 0.0539. The SMILES string of the molecule is COc1c(-c2ncc[nH]2)n(Cc2ccccc2)ccc1=O.COc1c(-c2nccn2C(=O)OC(C)(C)C)n(Cc2ccccc2)ccc1=O. The first-order valence-electron chi connectivity index (χ1n) is 15.5. The zero-order valence-corrected chi connectivity index (χ0v) is 28.0. The van der Waals surface area contributed by atoms with Gasteiger partial charge in [0.2, 0.25) is 10.9 Å². The van der Waals surface area contributed by atoms with Gasteiger partial charge in [0.05, 0.1) is 14.2 Å². The minimum atomic E-state index is -0.664. The Labute approximate surface area is 283 Å². The van der Waals surface area contributed by atoms with Crippen LogP contribution in [0.25, 0.3) is 23.0 Å². The maximum absolute atomic E-state index is 12.6. The van der Waals surface area contributed by atoms with Crippen LogP contribution in [0.1, 0.15) is 31.9 Å². The number of hydrogen-bond acceptors (Lipinski definition) is 8. The molecule has 0 aliphatic rings. The van der Waals surface area contributed by atoms with Gasteiger partial charge < -0.3 is 28.3 Å². The van der Waals surface area contributed by atoms with Crippen LogP contribution in [0, 0.1) is 0 Å². The molecule has 6 rings (SSSR count). The summed E-state index contributed by atoms with van der Waals surface area (Å²) in [6.07, 6.45) is 9.22. The highest BCUT2D eigenvalue weighted by molar-refractivity contribution is 5.77. The van der Waals surface area contributed by atoms with Gasteiger partial charge in [0.15, 0.2) is 23.1 Å². The summed E-state index contributed by atoms with van der Waals surface area (Å²) in [5.74, 6) is 1.30. The van der Waals surface area contributed by atoms with Crippen molar-refractivity contribution in [3.05, 3.63) is 142 Å². The molecule has 49 heavy (non-hydrogen) atoms. The number of pyridine rings is 2.